The Labute approximate surface area is 116 Å². The van der Waals surface area contributed by atoms with Gasteiger partial charge in [0.05, 0.1) is 6.10 Å². The number of hydrogen-bond acceptors (Lipinski definition) is 3. The zero-order valence-electron chi connectivity index (χ0n) is 11.7. The number of rotatable bonds is 7. The fraction of sp³-hybridized carbons (Fsp3) is 0.625. The molecule has 1 aliphatic heterocycles. The first-order valence-corrected chi connectivity index (χ1v) is 7.33. The lowest BCUT2D eigenvalue weighted by molar-refractivity contribution is 0.157. The lowest BCUT2D eigenvalue weighted by Gasteiger charge is -2.23. The SMILES string of the molecule is CC[C@@H](O)CNC(CC1CCOC1)c1ccccc1. The van der Waals surface area contributed by atoms with Crippen LogP contribution in [-0.2, 0) is 4.74 Å². The Bertz CT molecular complexity index is 349. The molecular weight excluding hydrogens is 238 g/mol. The van der Waals surface area contributed by atoms with Gasteiger partial charge in [0.2, 0.25) is 0 Å². The maximum Gasteiger partial charge on any atom is 0.0662 e. The van der Waals surface area contributed by atoms with Crippen molar-refractivity contribution < 1.29 is 9.84 Å². The largest absolute Gasteiger partial charge is 0.392 e. The van der Waals surface area contributed by atoms with Crippen molar-refractivity contribution in [3.63, 3.8) is 0 Å². The fourth-order valence-corrected chi connectivity index (χ4v) is 2.55. The van der Waals surface area contributed by atoms with Gasteiger partial charge in [-0.25, -0.2) is 0 Å². The summed E-state index contributed by atoms with van der Waals surface area (Å²) in [5, 5.41) is 13.2. The molecule has 3 heteroatoms. The smallest absolute Gasteiger partial charge is 0.0662 e. The Balaban J connectivity index is 1.95. The standard InChI is InChI=1S/C16H25NO2/c1-2-15(18)11-17-16(10-13-8-9-19-12-13)14-6-4-3-5-7-14/h3-7,13,15-18H,2,8-12H2,1H3/t13?,15-,16?/m1/s1. The van der Waals surface area contributed by atoms with Gasteiger partial charge in [-0.1, -0.05) is 37.3 Å². The van der Waals surface area contributed by atoms with Crippen molar-refractivity contribution in [2.45, 2.75) is 38.3 Å². The number of benzene rings is 1. The van der Waals surface area contributed by atoms with Gasteiger partial charge in [0.1, 0.15) is 0 Å². The summed E-state index contributed by atoms with van der Waals surface area (Å²) in [6, 6.07) is 10.8. The molecule has 1 aromatic rings. The molecule has 2 rings (SSSR count). The van der Waals surface area contributed by atoms with Gasteiger partial charge in [-0.2, -0.15) is 0 Å². The van der Waals surface area contributed by atoms with Gasteiger partial charge in [0, 0.05) is 25.8 Å². The summed E-state index contributed by atoms with van der Waals surface area (Å²) in [6.07, 6.45) is 2.77. The molecule has 1 fully saturated rings. The molecule has 2 unspecified atom stereocenters. The summed E-state index contributed by atoms with van der Waals surface area (Å²) in [4.78, 5) is 0. The molecule has 3 atom stereocenters. The number of hydrogen-bond donors (Lipinski definition) is 2. The first kappa shape index (κ1) is 14.5. The number of nitrogens with one attached hydrogen (secondary N) is 1. The Kier molecular flexibility index (Phi) is 5.83. The minimum atomic E-state index is -0.258. The molecule has 0 bridgehead atoms. The molecule has 1 saturated heterocycles. The van der Waals surface area contributed by atoms with Crippen LogP contribution in [0.25, 0.3) is 0 Å². The molecule has 0 amide bonds. The summed E-state index contributed by atoms with van der Waals surface area (Å²) in [5.41, 5.74) is 1.30. The Hall–Kier alpha value is -0.900. The Morgan fingerprint density at radius 1 is 1.37 bits per heavy atom. The van der Waals surface area contributed by atoms with Crippen molar-refractivity contribution in [1.82, 2.24) is 5.32 Å². The van der Waals surface area contributed by atoms with E-state index in [9.17, 15) is 5.11 Å². The van der Waals surface area contributed by atoms with E-state index in [0.29, 0.717) is 18.5 Å². The predicted molar refractivity (Wildman–Crippen MR) is 77.0 cm³/mol. The van der Waals surface area contributed by atoms with Gasteiger partial charge in [-0.3, -0.25) is 0 Å². The monoisotopic (exact) mass is 263 g/mol. The van der Waals surface area contributed by atoms with E-state index in [2.05, 4.69) is 29.6 Å². The second-order valence-electron chi connectivity index (χ2n) is 5.40. The van der Waals surface area contributed by atoms with E-state index in [4.69, 9.17) is 4.74 Å². The molecule has 0 spiro atoms. The third-order valence-electron chi connectivity index (χ3n) is 3.87. The van der Waals surface area contributed by atoms with Gasteiger partial charge in [0.15, 0.2) is 0 Å². The van der Waals surface area contributed by atoms with Gasteiger partial charge in [-0.05, 0) is 30.7 Å². The van der Waals surface area contributed by atoms with Gasteiger partial charge >= 0.3 is 0 Å². The number of aliphatic hydroxyl groups excluding tert-OH is 1. The second-order valence-corrected chi connectivity index (χ2v) is 5.40. The van der Waals surface area contributed by atoms with Gasteiger partial charge < -0.3 is 15.2 Å². The molecule has 0 aromatic heterocycles. The van der Waals surface area contributed by atoms with Crippen molar-refractivity contribution in [3.8, 4) is 0 Å². The number of aliphatic hydroxyl groups is 1. The lowest BCUT2D eigenvalue weighted by Crippen LogP contribution is -2.31. The van der Waals surface area contributed by atoms with E-state index in [1.807, 2.05) is 13.0 Å². The highest BCUT2D eigenvalue weighted by molar-refractivity contribution is 5.19. The summed E-state index contributed by atoms with van der Waals surface area (Å²) >= 11 is 0. The molecule has 3 nitrogen and oxygen atoms in total. The van der Waals surface area contributed by atoms with Crippen LogP contribution in [0.15, 0.2) is 30.3 Å². The molecule has 1 aromatic carbocycles. The summed E-state index contributed by atoms with van der Waals surface area (Å²) in [5.74, 6) is 0.636. The fourth-order valence-electron chi connectivity index (χ4n) is 2.55. The van der Waals surface area contributed by atoms with E-state index in [0.717, 1.165) is 32.5 Å². The average molecular weight is 263 g/mol. The van der Waals surface area contributed by atoms with Crippen LogP contribution in [0.3, 0.4) is 0 Å². The normalized spacial score (nSPS) is 22.3. The second kappa shape index (κ2) is 7.63. The summed E-state index contributed by atoms with van der Waals surface area (Å²) in [6.45, 7) is 4.43. The van der Waals surface area contributed by atoms with Crippen LogP contribution in [-0.4, -0.2) is 31.0 Å². The van der Waals surface area contributed by atoms with E-state index < -0.39 is 0 Å². The van der Waals surface area contributed by atoms with Crippen molar-refractivity contribution in [1.29, 1.82) is 0 Å². The van der Waals surface area contributed by atoms with Crippen molar-refractivity contribution in [2.24, 2.45) is 5.92 Å². The molecule has 106 valence electrons. The molecule has 19 heavy (non-hydrogen) atoms. The minimum absolute atomic E-state index is 0.258. The van der Waals surface area contributed by atoms with E-state index >= 15 is 0 Å². The highest BCUT2D eigenvalue weighted by Gasteiger charge is 2.22. The Morgan fingerprint density at radius 2 is 2.16 bits per heavy atom. The van der Waals surface area contributed by atoms with Gasteiger partial charge in [0.25, 0.3) is 0 Å². The van der Waals surface area contributed by atoms with Crippen molar-refractivity contribution in [3.05, 3.63) is 35.9 Å². The quantitative estimate of drug-likeness (QED) is 0.794. The van der Waals surface area contributed by atoms with Crippen molar-refractivity contribution >= 4 is 0 Å². The van der Waals surface area contributed by atoms with Gasteiger partial charge in [-0.15, -0.1) is 0 Å². The molecule has 1 aliphatic rings. The van der Waals surface area contributed by atoms with Crippen LogP contribution >= 0.6 is 0 Å². The van der Waals surface area contributed by atoms with Crippen LogP contribution < -0.4 is 5.32 Å². The molecule has 0 aliphatic carbocycles. The predicted octanol–water partition coefficient (Wildman–Crippen LogP) is 2.51. The van der Waals surface area contributed by atoms with Crippen LogP contribution in [0.1, 0.15) is 37.8 Å². The first-order valence-electron chi connectivity index (χ1n) is 7.33. The summed E-state index contributed by atoms with van der Waals surface area (Å²) < 4.78 is 5.46. The zero-order chi connectivity index (χ0) is 13.5. The minimum Gasteiger partial charge on any atom is -0.392 e. The number of ether oxygens (including phenoxy) is 1. The zero-order valence-corrected chi connectivity index (χ0v) is 11.7. The molecular formula is C16H25NO2. The molecule has 0 saturated carbocycles. The van der Waals surface area contributed by atoms with Crippen LogP contribution in [0.4, 0.5) is 0 Å². The van der Waals surface area contributed by atoms with E-state index in [-0.39, 0.29) is 6.10 Å². The molecule has 1 heterocycles. The maximum atomic E-state index is 9.73. The van der Waals surface area contributed by atoms with Crippen LogP contribution in [0.2, 0.25) is 0 Å². The molecule has 2 N–H and O–H groups in total. The van der Waals surface area contributed by atoms with Crippen LogP contribution in [0, 0.1) is 5.92 Å². The topological polar surface area (TPSA) is 41.5 Å². The highest BCUT2D eigenvalue weighted by Crippen LogP contribution is 2.26. The van der Waals surface area contributed by atoms with E-state index in [1.54, 1.807) is 0 Å². The van der Waals surface area contributed by atoms with E-state index in [1.165, 1.54) is 5.56 Å². The molecule has 0 radical (unpaired) electrons. The lowest BCUT2D eigenvalue weighted by atomic mass is 9.94. The third-order valence-corrected chi connectivity index (χ3v) is 3.87. The summed E-state index contributed by atoms with van der Waals surface area (Å²) in [7, 11) is 0. The third kappa shape index (κ3) is 4.60. The van der Waals surface area contributed by atoms with Crippen LogP contribution in [0.5, 0.6) is 0 Å². The Morgan fingerprint density at radius 3 is 2.79 bits per heavy atom. The van der Waals surface area contributed by atoms with Crippen molar-refractivity contribution in [2.75, 3.05) is 19.8 Å². The first-order chi connectivity index (χ1) is 9.29. The maximum absolute atomic E-state index is 9.73. The average Bonchev–Trinajstić information content (AvgIpc) is 2.97. The highest BCUT2D eigenvalue weighted by atomic mass is 16.5.